The Balaban J connectivity index is 4.21. The highest BCUT2D eigenvalue weighted by Crippen LogP contribution is 2.18. The summed E-state index contributed by atoms with van der Waals surface area (Å²) in [5.74, 6) is 0.883. The van der Waals surface area contributed by atoms with E-state index in [-0.39, 0.29) is 31.1 Å². The van der Waals surface area contributed by atoms with Gasteiger partial charge in [0.2, 0.25) is 0 Å². The van der Waals surface area contributed by atoms with E-state index in [0.29, 0.717) is 19.3 Å². The van der Waals surface area contributed by atoms with Gasteiger partial charge < -0.3 is 14.2 Å². The Kier molecular flexibility index (Phi) is 48.6. The standard InChI is InChI=1S/C57H110O6/c1-6-8-9-10-11-12-27-32-37-42-47-55(58)61-50-54(63-57(60)49-44-39-34-29-24-23-26-31-36-41-46-53(5)7-2)51-62-56(59)48-43-38-33-28-22-20-18-16-14-13-15-17-19-21-25-30-35-40-45-52(3)4/h52-54H,6-51H2,1-5H3/t53?,54-/m1/s1. The summed E-state index contributed by atoms with van der Waals surface area (Å²) < 4.78 is 16.8. The van der Waals surface area contributed by atoms with Gasteiger partial charge in [-0.25, -0.2) is 0 Å². The second-order valence-electron chi connectivity index (χ2n) is 20.3. The van der Waals surface area contributed by atoms with Crippen LogP contribution in [-0.2, 0) is 28.6 Å². The lowest BCUT2D eigenvalue weighted by atomic mass is 9.99. The number of esters is 3. The molecule has 0 N–H and O–H groups in total. The normalized spacial score (nSPS) is 12.5. The number of ether oxygens (including phenoxy) is 3. The number of hydrogen-bond donors (Lipinski definition) is 0. The van der Waals surface area contributed by atoms with Crippen LogP contribution < -0.4 is 0 Å². The summed E-state index contributed by atoms with van der Waals surface area (Å²) in [6.45, 7) is 11.4. The molecule has 0 aromatic rings. The van der Waals surface area contributed by atoms with Gasteiger partial charge in [0.15, 0.2) is 6.10 Å². The number of carbonyl (C=O) groups excluding carboxylic acids is 3. The molecule has 0 aromatic carbocycles. The molecule has 0 heterocycles. The summed E-state index contributed by atoms with van der Waals surface area (Å²) >= 11 is 0. The lowest BCUT2D eigenvalue weighted by molar-refractivity contribution is -0.167. The largest absolute Gasteiger partial charge is 0.462 e. The van der Waals surface area contributed by atoms with Crippen LogP contribution in [0.2, 0.25) is 0 Å². The zero-order chi connectivity index (χ0) is 46.1. The lowest BCUT2D eigenvalue weighted by Crippen LogP contribution is -2.30. The SMILES string of the molecule is CCCCCCCCCCCCC(=O)OC[C@H](COC(=O)CCCCCCCCCCCCCCCCCCCCC(C)C)OC(=O)CCCCCCCCCCCCC(C)CC. The predicted octanol–water partition coefficient (Wildman–Crippen LogP) is 18.5. The molecule has 0 saturated heterocycles. The number of hydrogen-bond acceptors (Lipinski definition) is 6. The van der Waals surface area contributed by atoms with Crippen LogP contribution in [0.4, 0.5) is 0 Å². The first kappa shape index (κ1) is 61.4. The highest BCUT2D eigenvalue weighted by atomic mass is 16.6. The molecule has 0 aromatic heterocycles. The molecular formula is C57H110O6. The highest BCUT2D eigenvalue weighted by molar-refractivity contribution is 5.71. The van der Waals surface area contributed by atoms with Crippen LogP contribution in [0.5, 0.6) is 0 Å². The Bertz CT molecular complexity index is 964. The third-order valence-electron chi connectivity index (χ3n) is 13.3. The molecule has 2 atom stereocenters. The van der Waals surface area contributed by atoms with Gasteiger partial charge in [0, 0.05) is 19.3 Å². The van der Waals surface area contributed by atoms with E-state index in [9.17, 15) is 14.4 Å². The van der Waals surface area contributed by atoms with Gasteiger partial charge in [0.05, 0.1) is 0 Å². The Morgan fingerprint density at radius 3 is 0.905 bits per heavy atom. The molecule has 0 spiro atoms. The molecule has 0 aliphatic rings. The minimum Gasteiger partial charge on any atom is -0.462 e. The summed E-state index contributed by atoms with van der Waals surface area (Å²) in [5, 5.41) is 0. The van der Waals surface area contributed by atoms with Gasteiger partial charge in [-0.05, 0) is 31.1 Å². The lowest BCUT2D eigenvalue weighted by Gasteiger charge is -2.18. The molecule has 63 heavy (non-hydrogen) atoms. The van der Waals surface area contributed by atoms with E-state index in [2.05, 4.69) is 34.6 Å². The first-order valence-electron chi connectivity index (χ1n) is 28.3. The van der Waals surface area contributed by atoms with E-state index in [1.54, 1.807) is 0 Å². The Labute approximate surface area is 393 Å². The average Bonchev–Trinajstić information content (AvgIpc) is 3.27. The molecule has 0 radical (unpaired) electrons. The van der Waals surface area contributed by atoms with Crippen LogP contribution in [0.15, 0.2) is 0 Å². The monoisotopic (exact) mass is 891 g/mol. The van der Waals surface area contributed by atoms with Crippen molar-refractivity contribution in [2.75, 3.05) is 13.2 Å². The van der Waals surface area contributed by atoms with Crippen molar-refractivity contribution in [1.29, 1.82) is 0 Å². The number of unbranched alkanes of at least 4 members (excludes halogenated alkanes) is 35. The van der Waals surface area contributed by atoms with Gasteiger partial charge in [-0.3, -0.25) is 14.4 Å². The van der Waals surface area contributed by atoms with Crippen LogP contribution in [0.1, 0.15) is 317 Å². The first-order chi connectivity index (χ1) is 30.8. The van der Waals surface area contributed by atoms with Gasteiger partial charge in [0.1, 0.15) is 13.2 Å². The maximum Gasteiger partial charge on any atom is 0.306 e. The molecule has 0 aliphatic carbocycles. The molecular weight excluding hydrogens is 781 g/mol. The van der Waals surface area contributed by atoms with E-state index < -0.39 is 6.10 Å². The van der Waals surface area contributed by atoms with Crippen molar-refractivity contribution < 1.29 is 28.6 Å². The molecule has 0 bridgehead atoms. The van der Waals surface area contributed by atoms with Crippen molar-refractivity contribution in [2.45, 2.75) is 323 Å². The summed E-state index contributed by atoms with van der Waals surface area (Å²) in [6, 6.07) is 0. The number of carbonyl (C=O) groups is 3. The second kappa shape index (κ2) is 49.8. The van der Waals surface area contributed by atoms with Crippen molar-refractivity contribution >= 4 is 17.9 Å². The van der Waals surface area contributed by atoms with Crippen molar-refractivity contribution in [3.05, 3.63) is 0 Å². The Morgan fingerprint density at radius 1 is 0.333 bits per heavy atom. The van der Waals surface area contributed by atoms with Crippen LogP contribution in [0.3, 0.4) is 0 Å². The maximum absolute atomic E-state index is 12.8. The summed E-state index contributed by atoms with van der Waals surface area (Å²) in [4.78, 5) is 38.0. The Hall–Kier alpha value is -1.59. The summed E-state index contributed by atoms with van der Waals surface area (Å²) in [6.07, 6.45) is 52.3. The van der Waals surface area contributed by atoms with Gasteiger partial charge in [0.25, 0.3) is 0 Å². The Morgan fingerprint density at radius 2 is 0.603 bits per heavy atom. The molecule has 0 saturated carbocycles. The van der Waals surface area contributed by atoms with E-state index in [1.165, 1.54) is 205 Å². The molecule has 0 amide bonds. The fourth-order valence-corrected chi connectivity index (χ4v) is 8.66. The summed E-state index contributed by atoms with van der Waals surface area (Å²) in [5.41, 5.74) is 0. The van der Waals surface area contributed by atoms with Crippen LogP contribution in [-0.4, -0.2) is 37.2 Å². The highest BCUT2D eigenvalue weighted by Gasteiger charge is 2.19. The topological polar surface area (TPSA) is 78.9 Å². The van der Waals surface area contributed by atoms with Gasteiger partial charge in [-0.15, -0.1) is 0 Å². The first-order valence-corrected chi connectivity index (χ1v) is 28.3. The van der Waals surface area contributed by atoms with Crippen molar-refractivity contribution in [1.82, 2.24) is 0 Å². The zero-order valence-corrected chi connectivity index (χ0v) is 43.2. The second-order valence-corrected chi connectivity index (χ2v) is 20.3. The fraction of sp³-hybridized carbons (Fsp3) is 0.947. The zero-order valence-electron chi connectivity index (χ0n) is 43.2. The minimum atomic E-state index is -0.762. The van der Waals surface area contributed by atoms with Crippen molar-refractivity contribution in [3.63, 3.8) is 0 Å². The van der Waals surface area contributed by atoms with Crippen molar-refractivity contribution in [3.8, 4) is 0 Å². The quantitative estimate of drug-likeness (QED) is 0.0344. The molecule has 374 valence electrons. The van der Waals surface area contributed by atoms with Gasteiger partial charge >= 0.3 is 17.9 Å². The van der Waals surface area contributed by atoms with E-state index in [0.717, 1.165) is 69.6 Å². The predicted molar refractivity (Wildman–Crippen MR) is 270 cm³/mol. The molecule has 0 aliphatic heterocycles. The number of rotatable bonds is 51. The van der Waals surface area contributed by atoms with Gasteiger partial charge in [-0.1, -0.05) is 279 Å². The molecule has 1 unspecified atom stereocenters. The smallest absolute Gasteiger partial charge is 0.306 e. The summed E-state index contributed by atoms with van der Waals surface area (Å²) in [7, 11) is 0. The van der Waals surface area contributed by atoms with E-state index in [1.807, 2.05) is 0 Å². The fourth-order valence-electron chi connectivity index (χ4n) is 8.66. The van der Waals surface area contributed by atoms with Crippen LogP contribution in [0, 0.1) is 11.8 Å². The van der Waals surface area contributed by atoms with Gasteiger partial charge in [-0.2, -0.15) is 0 Å². The third kappa shape index (κ3) is 49.7. The van der Waals surface area contributed by atoms with Crippen LogP contribution >= 0.6 is 0 Å². The minimum absolute atomic E-state index is 0.0631. The molecule has 0 fully saturated rings. The average molecular weight is 892 g/mol. The maximum atomic E-state index is 12.8. The van der Waals surface area contributed by atoms with Crippen molar-refractivity contribution in [2.24, 2.45) is 11.8 Å². The molecule has 6 nitrogen and oxygen atoms in total. The molecule has 0 rings (SSSR count). The van der Waals surface area contributed by atoms with Crippen LogP contribution in [0.25, 0.3) is 0 Å². The van der Waals surface area contributed by atoms with E-state index in [4.69, 9.17) is 14.2 Å². The molecule has 6 heteroatoms. The third-order valence-corrected chi connectivity index (χ3v) is 13.3. The van der Waals surface area contributed by atoms with E-state index >= 15 is 0 Å².